The molecule has 0 saturated carbocycles. The lowest BCUT2D eigenvalue weighted by atomic mass is 9.98. The van der Waals surface area contributed by atoms with Gasteiger partial charge < -0.3 is 31.8 Å². The van der Waals surface area contributed by atoms with E-state index in [2.05, 4.69) is 25.9 Å². The molecule has 0 saturated heterocycles. The van der Waals surface area contributed by atoms with Crippen molar-refractivity contribution in [1.29, 1.82) is 0 Å². The van der Waals surface area contributed by atoms with Gasteiger partial charge in [0.25, 0.3) is 0 Å². The third-order valence-electron chi connectivity index (χ3n) is 5.82. The van der Waals surface area contributed by atoms with E-state index in [0.29, 0.717) is 12.1 Å². The average Bonchev–Trinajstić information content (AvgIpc) is 3.34. The van der Waals surface area contributed by atoms with Gasteiger partial charge in [-0.3, -0.25) is 14.4 Å². The zero-order valence-corrected chi connectivity index (χ0v) is 21.7. The molecule has 3 amide bonds. The second kappa shape index (κ2) is 14.1. The SMILES string of the molecule is CC(C)CC(NC(=O)C(NC(=O)C(N)Cc1ccccc1)C(C)C)C(=O)NC(Cc1cnc[nH]1)C(=O)O. The van der Waals surface area contributed by atoms with Gasteiger partial charge >= 0.3 is 5.97 Å². The molecule has 4 unspecified atom stereocenters. The summed E-state index contributed by atoms with van der Waals surface area (Å²) < 4.78 is 0. The fourth-order valence-corrected chi connectivity index (χ4v) is 3.81. The number of nitrogens with one attached hydrogen (secondary N) is 4. The van der Waals surface area contributed by atoms with Crippen molar-refractivity contribution in [2.24, 2.45) is 17.6 Å². The van der Waals surface area contributed by atoms with Crippen LogP contribution in [0.25, 0.3) is 0 Å². The Labute approximate surface area is 217 Å². The Balaban J connectivity index is 2.08. The Morgan fingerprint density at radius 3 is 2.11 bits per heavy atom. The summed E-state index contributed by atoms with van der Waals surface area (Å²) in [5.41, 5.74) is 7.52. The van der Waals surface area contributed by atoms with E-state index in [1.54, 1.807) is 13.8 Å². The third kappa shape index (κ3) is 9.68. The van der Waals surface area contributed by atoms with Gasteiger partial charge in [-0.1, -0.05) is 58.0 Å². The van der Waals surface area contributed by atoms with Crippen molar-refractivity contribution in [3.8, 4) is 0 Å². The van der Waals surface area contributed by atoms with Gasteiger partial charge in [-0.2, -0.15) is 0 Å². The summed E-state index contributed by atoms with van der Waals surface area (Å²) in [6.45, 7) is 7.32. The van der Waals surface area contributed by atoms with Gasteiger partial charge in [0.15, 0.2) is 0 Å². The van der Waals surface area contributed by atoms with Crippen LogP contribution in [0.3, 0.4) is 0 Å². The summed E-state index contributed by atoms with van der Waals surface area (Å²) in [4.78, 5) is 57.4. The van der Waals surface area contributed by atoms with E-state index in [4.69, 9.17) is 5.73 Å². The highest BCUT2D eigenvalue weighted by atomic mass is 16.4. The van der Waals surface area contributed by atoms with Crippen molar-refractivity contribution >= 4 is 23.7 Å². The first-order chi connectivity index (χ1) is 17.5. The van der Waals surface area contributed by atoms with Crippen LogP contribution in [0.15, 0.2) is 42.9 Å². The van der Waals surface area contributed by atoms with Crippen molar-refractivity contribution in [1.82, 2.24) is 25.9 Å². The predicted molar refractivity (Wildman–Crippen MR) is 138 cm³/mol. The number of nitrogens with two attached hydrogens (primary N) is 1. The van der Waals surface area contributed by atoms with Crippen LogP contribution in [-0.2, 0) is 32.0 Å². The number of carbonyl (C=O) groups is 4. The number of aromatic amines is 1. The maximum absolute atomic E-state index is 13.2. The first kappa shape index (κ1) is 29.5. The number of aromatic nitrogens is 2. The molecule has 2 rings (SSSR count). The number of hydrogen-bond acceptors (Lipinski definition) is 6. The van der Waals surface area contributed by atoms with Crippen LogP contribution in [0.5, 0.6) is 0 Å². The number of benzene rings is 1. The van der Waals surface area contributed by atoms with Gasteiger partial charge in [0.1, 0.15) is 18.1 Å². The monoisotopic (exact) mass is 514 g/mol. The summed E-state index contributed by atoms with van der Waals surface area (Å²) in [5.74, 6) is -3.12. The van der Waals surface area contributed by atoms with E-state index < -0.39 is 47.9 Å². The van der Waals surface area contributed by atoms with Gasteiger partial charge in [-0.15, -0.1) is 0 Å². The molecule has 0 radical (unpaired) electrons. The number of nitrogens with zero attached hydrogens (tertiary/aromatic N) is 1. The van der Waals surface area contributed by atoms with Crippen molar-refractivity contribution in [2.75, 3.05) is 0 Å². The van der Waals surface area contributed by atoms with Crippen LogP contribution in [-0.4, -0.2) is 62.9 Å². The smallest absolute Gasteiger partial charge is 0.326 e. The number of carboxylic acid groups (broad SMARTS) is 1. The fraction of sp³-hybridized carbons (Fsp3) is 0.500. The highest BCUT2D eigenvalue weighted by Crippen LogP contribution is 2.10. The molecular weight excluding hydrogens is 476 g/mol. The predicted octanol–water partition coefficient (Wildman–Crippen LogP) is 0.763. The Bertz CT molecular complexity index is 1030. The molecule has 0 aliphatic heterocycles. The summed E-state index contributed by atoms with van der Waals surface area (Å²) in [5, 5.41) is 17.5. The summed E-state index contributed by atoms with van der Waals surface area (Å²) in [6, 6.07) is 5.32. The van der Waals surface area contributed by atoms with Crippen LogP contribution >= 0.6 is 0 Å². The quantitative estimate of drug-likeness (QED) is 0.215. The standard InChI is InChI=1S/C26H38N6O5/c1-15(2)10-20(24(34)31-21(26(36)37)12-18-13-28-14-29-18)30-25(35)22(16(3)4)32-23(33)19(27)11-17-8-6-5-7-9-17/h5-9,13-16,19-22H,10-12,27H2,1-4H3,(H,28,29)(H,30,35)(H,31,34)(H,32,33)(H,36,37). The van der Waals surface area contributed by atoms with Gasteiger partial charge in [0, 0.05) is 18.3 Å². The lowest BCUT2D eigenvalue weighted by Crippen LogP contribution is -2.58. The number of carbonyl (C=O) groups excluding carboxylic acids is 3. The number of aliphatic carboxylic acids is 1. The molecule has 1 aromatic carbocycles. The van der Waals surface area contributed by atoms with Crippen LogP contribution < -0.4 is 21.7 Å². The van der Waals surface area contributed by atoms with Crippen LogP contribution in [0.4, 0.5) is 0 Å². The van der Waals surface area contributed by atoms with Crippen molar-refractivity contribution in [2.45, 2.75) is 71.1 Å². The van der Waals surface area contributed by atoms with Gasteiger partial charge in [-0.25, -0.2) is 9.78 Å². The number of rotatable bonds is 14. The minimum Gasteiger partial charge on any atom is -0.480 e. The molecular formula is C26H38N6O5. The molecule has 2 aromatic rings. The fourth-order valence-electron chi connectivity index (χ4n) is 3.81. The molecule has 1 heterocycles. The Kier molecular flexibility index (Phi) is 11.3. The maximum Gasteiger partial charge on any atom is 0.326 e. The highest BCUT2D eigenvalue weighted by Gasteiger charge is 2.32. The maximum atomic E-state index is 13.2. The van der Waals surface area contributed by atoms with E-state index in [-0.39, 0.29) is 24.7 Å². The average molecular weight is 515 g/mol. The second-order valence-electron chi connectivity index (χ2n) is 9.90. The zero-order valence-electron chi connectivity index (χ0n) is 21.7. The Morgan fingerprint density at radius 1 is 0.919 bits per heavy atom. The first-order valence-corrected chi connectivity index (χ1v) is 12.4. The zero-order chi connectivity index (χ0) is 27.5. The van der Waals surface area contributed by atoms with Crippen LogP contribution in [0.2, 0.25) is 0 Å². The van der Waals surface area contributed by atoms with E-state index in [9.17, 15) is 24.3 Å². The number of hydrogen-bond donors (Lipinski definition) is 6. The van der Waals surface area contributed by atoms with E-state index in [0.717, 1.165) is 5.56 Å². The minimum absolute atomic E-state index is 0.00734. The summed E-state index contributed by atoms with van der Waals surface area (Å²) >= 11 is 0. The van der Waals surface area contributed by atoms with Gasteiger partial charge in [0.2, 0.25) is 17.7 Å². The Hall–Kier alpha value is -3.73. The van der Waals surface area contributed by atoms with Crippen LogP contribution in [0, 0.1) is 11.8 Å². The van der Waals surface area contributed by atoms with Crippen molar-refractivity contribution < 1.29 is 24.3 Å². The topological polar surface area (TPSA) is 179 Å². The molecule has 4 atom stereocenters. The molecule has 11 nitrogen and oxygen atoms in total. The molecule has 0 bridgehead atoms. The molecule has 0 fully saturated rings. The minimum atomic E-state index is -1.21. The first-order valence-electron chi connectivity index (χ1n) is 12.4. The molecule has 1 aromatic heterocycles. The molecule has 0 aliphatic carbocycles. The summed E-state index contributed by atoms with van der Waals surface area (Å²) in [7, 11) is 0. The van der Waals surface area contributed by atoms with E-state index >= 15 is 0 Å². The normalized spacial score (nSPS) is 14.5. The number of imidazole rings is 1. The molecule has 202 valence electrons. The molecule has 0 spiro atoms. The Morgan fingerprint density at radius 2 is 1.57 bits per heavy atom. The number of carboxylic acids is 1. The van der Waals surface area contributed by atoms with Crippen molar-refractivity contribution in [3.05, 3.63) is 54.1 Å². The van der Waals surface area contributed by atoms with Crippen molar-refractivity contribution in [3.63, 3.8) is 0 Å². The van der Waals surface area contributed by atoms with Crippen LogP contribution in [0.1, 0.15) is 45.4 Å². The molecule has 37 heavy (non-hydrogen) atoms. The lowest BCUT2D eigenvalue weighted by Gasteiger charge is -2.27. The lowest BCUT2D eigenvalue weighted by molar-refractivity contribution is -0.142. The molecule has 7 N–H and O–H groups in total. The molecule has 0 aliphatic rings. The highest BCUT2D eigenvalue weighted by molar-refractivity contribution is 5.94. The number of H-pyrrole nitrogens is 1. The van der Waals surface area contributed by atoms with Gasteiger partial charge in [-0.05, 0) is 30.2 Å². The van der Waals surface area contributed by atoms with E-state index in [1.807, 2.05) is 44.2 Å². The van der Waals surface area contributed by atoms with Gasteiger partial charge in [0.05, 0.1) is 12.4 Å². The number of amides is 3. The van der Waals surface area contributed by atoms with E-state index in [1.165, 1.54) is 12.5 Å². The second-order valence-corrected chi connectivity index (χ2v) is 9.90. The molecule has 11 heteroatoms. The third-order valence-corrected chi connectivity index (χ3v) is 5.82. The summed E-state index contributed by atoms with van der Waals surface area (Å²) in [6.07, 6.45) is 3.50. The largest absolute Gasteiger partial charge is 0.480 e.